The van der Waals surface area contributed by atoms with Gasteiger partial charge in [0, 0.05) is 31.8 Å². The topological polar surface area (TPSA) is 63.0 Å². The van der Waals surface area contributed by atoms with E-state index in [9.17, 15) is 0 Å². The highest BCUT2D eigenvalue weighted by Gasteiger charge is 2.11. The number of hydrogen-bond acceptors (Lipinski definition) is 6. The summed E-state index contributed by atoms with van der Waals surface area (Å²) in [5.41, 5.74) is 7.86. The molecule has 1 aromatic rings. The molecule has 26 heavy (non-hydrogen) atoms. The van der Waals surface area contributed by atoms with E-state index < -0.39 is 0 Å². The number of unbranched alkanes of at least 4 members (excludes halogenated alkanes) is 1. The summed E-state index contributed by atoms with van der Waals surface area (Å²) >= 11 is 0. The first-order chi connectivity index (χ1) is 12.4. The van der Waals surface area contributed by atoms with Gasteiger partial charge in [0.15, 0.2) is 0 Å². The van der Waals surface area contributed by atoms with Crippen LogP contribution in [-0.4, -0.2) is 70.8 Å². The van der Waals surface area contributed by atoms with E-state index in [0.717, 1.165) is 56.8 Å². The Morgan fingerprint density at radius 1 is 0.923 bits per heavy atom. The lowest BCUT2D eigenvalue weighted by atomic mass is 10.2. The fourth-order valence-electron chi connectivity index (χ4n) is 2.48. The average Bonchev–Trinajstić information content (AvgIpc) is 2.58. The van der Waals surface area contributed by atoms with Crippen LogP contribution in [0.15, 0.2) is 12.1 Å². The summed E-state index contributed by atoms with van der Waals surface area (Å²) in [6.07, 6.45) is 4.18. The zero-order valence-electron chi connectivity index (χ0n) is 17.3. The quantitative estimate of drug-likeness (QED) is 0.390. The molecule has 0 saturated carbocycles. The maximum absolute atomic E-state index is 6.31. The third kappa shape index (κ3) is 9.15. The van der Waals surface area contributed by atoms with Crippen molar-refractivity contribution >= 4 is 11.4 Å². The van der Waals surface area contributed by atoms with Crippen molar-refractivity contribution in [1.82, 2.24) is 9.80 Å². The Morgan fingerprint density at radius 3 is 2.12 bits per heavy atom. The zero-order valence-corrected chi connectivity index (χ0v) is 17.3. The molecule has 1 aromatic carbocycles. The van der Waals surface area contributed by atoms with Crippen LogP contribution in [-0.2, 0) is 0 Å². The molecule has 6 nitrogen and oxygen atoms in total. The van der Waals surface area contributed by atoms with Crippen LogP contribution in [0.25, 0.3) is 0 Å². The van der Waals surface area contributed by atoms with Crippen molar-refractivity contribution in [2.45, 2.75) is 32.6 Å². The molecular weight excluding hydrogens is 328 g/mol. The monoisotopic (exact) mass is 366 g/mol. The van der Waals surface area contributed by atoms with E-state index in [2.05, 4.69) is 50.2 Å². The second-order valence-corrected chi connectivity index (χ2v) is 7.17. The highest BCUT2D eigenvalue weighted by molar-refractivity contribution is 5.75. The van der Waals surface area contributed by atoms with Gasteiger partial charge in [-0.2, -0.15) is 0 Å². The Labute approximate surface area is 159 Å². The van der Waals surface area contributed by atoms with E-state index in [1.165, 1.54) is 0 Å². The lowest BCUT2D eigenvalue weighted by Crippen LogP contribution is -2.16. The molecule has 0 fully saturated rings. The average molecular weight is 367 g/mol. The maximum atomic E-state index is 6.31. The molecule has 1 rings (SSSR count). The normalized spacial score (nSPS) is 11.2. The number of ether oxygens (including phenoxy) is 2. The van der Waals surface area contributed by atoms with Gasteiger partial charge in [-0.1, -0.05) is 13.3 Å². The number of nitrogens with one attached hydrogen (secondary N) is 1. The summed E-state index contributed by atoms with van der Waals surface area (Å²) in [6, 6.07) is 3.89. The fraction of sp³-hybridized carbons (Fsp3) is 0.700. The van der Waals surface area contributed by atoms with Crippen molar-refractivity contribution in [1.29, 1.82) is 0 Å². The van der Waals surface area contributed by atoms with Gasteiger partial charge in [-0.3, -0.25) is 0 Å². The van der Waals surface area contributed by atoms with Gasteiger partial charge in [-0.25, -0.2) is 0 Å². The predicted molar refractivity (Wildman–Crippen MR) is 112 cm³/mol. The molecule has 0 amide bonds. The first-order valence-electron chi connectivity index (χ1n) is 9.66. The molecule has 6 heteroatoms. The van der Waals surface area contributed by atoms with Gasteiger partial charge in [0.2, 0.25) is 0 Å². The molecule has 0 spiro atoms. The molecule has 3 N–H and O–H groups in total. The Hall–Kier alpha value is -1.66. The second-order valence-electron chi connectivity index (χ2n) is 7.17. The molecule has 0 heterocycles. The van der Waals surface area contributed by atoms with Crippen molar-refractivity contribution in [2.75, 3.05) is 72.1 Å². The van der Waals surface area contributed by atoms with Crippen molar-refractivity contribution in [3.8, 4) is 11.5 Å². The number of benzene rings is 1. The minimum absolute atomic E-state index is 0.640. The molecule has 0 aliphatic carbocycles. The summed E-state index contributed by atoms with van der Waals surface area (Å²) in [5, 5.41) is 3.41. The Bertz CT molecular complexity index is 507. The minimum atomic E-state index is 0.640. The highest BCUT2D eigenvalue weighted by atomic mass is 16.5. The predicted octanol–water partition coefficient (Wildman–Crippen LogP) is 3.14. The van der Waals surface area contributed by atoms with Gasteiger partial charge in [-0.15, -0.1) is 0 Å². The Balaban J connectivity index is 2.73. The van der Waals surface area contributed by atoms with E-state index in [0.29, 0.717) is 24.7 Å². The SMILES string of the molecule is CCCCNc1cc(OCCCN(C)C)cc(OCCCN(C)C)c1N. The van der Waals surface area contributed by atoms with E-state index in [4.69, 9.17) is 15.2 Å². The van der Waals surface area contributed by atoms with Crippen LogP contribution in [0.1, 0.15) is 32.6 Å². The molecule has 0 bridgehead atoms. The van der Waals surface area contributed by atoms with Gasteiger partial charge in [0.1, 0.15) is 11.5 Å². The van der Waals surface area contributed by atoms with E-state index in [1.54, 1.807) is 0 Å². The van der Waals surface area contributed by atoms with E-state index >= 15 is 0 Å². The number of nitrogens with zero attached hydrogens (tertiary/aromatic N) is 2. The standard InChI is InChI=1S/C20H38N4O2/c1-6-7-10-22-18-15-17(25-13-8-11-23(2)3)16-19(20(18)21)26-14-9-12-24(4)5/h15-16,22H,6-14,21H2,1-5H3. The maximum Gasteiger partial charge on any atom is 0.148 e. The van der Waals surface area contributed by atoms with Crippen molar-refractivity contribution < 1.29 is 9.47 Å². The summed E-state index contributed by atoms with van der Waals surface area (Å²) in [7, 11) is 8.26. The Morgan fingerprint density at radius 2 is 1.54 bits per heavy atom. The van der Waals surface area contributed by atoms with Gasteiger partial charge in [-0.05, 0) is 47.5 Å². The number of hydrogen-bond donors (Lipinski definition) is 2. The molecule has 150 valence electrons. The number of nitrogens with two attached hydrogens (primary N) is 1. The van der Waals surface area contributed by atoms with Crippen LogP contribution in [0.3, 0.4) is 0 Å². The van der Waals surface area contributed by atoms with Crippen LogP contribution in [0.5, 0.6) is 11.5 Å². The lowest BCUT2D eigenvalue weighted by molar-refractivity contribution is 0.271. The first kappa shape index (κ1) is 22.4. The van der Waals surface area contributed by atoms with Gasteiger partial charge in [0.05, 0.1) is 24.6 Å². The molecular formula is C20H38N4O2. The number of anilines is 2. The fourth-order valence-corrected chi connectivity index (χ4v) is 2.48. The Kier molecular flexibility index (Phi) is 10.9. The number of nitrogen functional groups attached to an aromatic ring is 1. The third-order valence-electron chi connectivity index (χ3n) is 3.99. The molecule has 0 saturated heterocycles. The minimum Gasteiger partial charge on any atom is -0.493 e. The largest absolute Gasteiger partial charge is 0.493 e. The summed E-state index contributed by atoms with van der Waals surface area (Å²) < 4.78 is 11.9. The third-order valence-corrected chi connectivity index (χ3v) is 3.99. The van der Waals surface area contributed by atoms with Crippen LogP contribution < -0.4 is 20.5 Å². The molecule has 0 radical (unpaired) electrons. The van der Waals surface area contributed by atoms with Crippen LogP contribution in [0.4, 0.5) is 11.4 Å². The van der Waals surface area contributed by atoms with Crippen molar-refractivity contribution in [2.24, 2.45) is 0 Å². The van der Waals surface area contributed by atoms with Gasteiger partial charge >= 0.3 is 0 Å². The van der Waals surface area contributed by atoms with Gasteiger partial charge < -0.3 is 30.3 Å². The van der Waals surface area contributed by atoms with Crippen LogP contribution in [0, 0.1) is 0 Å². The molecule has 0 unspecified atom stereocenters. The van der Waals surface area contributed by atoms with Gasteiger partial charge in [0.25, 0.3) is 0 Å². The summed E-state index contributed by atoms with van der Waals surface area (Å²) in [4.78, 5) is 4.30. The smallest absolute Gasteiger partial charge is 0.148 e. The summed E-state index contributed by atoms with van der Waals surface area (Å²) in [5.74, 6) is 1.51. The number of rotatable bonds is 14. The second kappa shape index (κ2) is 12.7. The molecule has 0 aliphatic heterocycles. The van der Waals surface area contributed by atoms with E-state index in [1.807, 2.05) is 12.1 Å². The van der Waals surface area contributed by atoms with E-state index in [-0.39, 0.29) is 0 Å². The highest BCUT2D eigenvalue weighted by Crippen LogP contribution is 2.35. The van der Waals surface area contributed by atoms with Crippen molar-refractivity contribution in [3.05, 3.63) is 12.1 Å². The zero-order chi connectivity index (χ0) is 19.4. The first-order valence-corrected chi connectivity index (χ1v) is 9.66. The molecule has 0 atom stereocenters. The molecule has 0 aliphatic rings. The summed E-state index contributed by atoms with van der Waals surface area (Å²) in [6.45, 7) is 6.38. The lowest BCUT2D eigenvalue weighted by Gasteiger charge is -2.17. The molecule has 0 aromatic heterocycles. The van der Waals surface area contributed by atoms with Crippen LogP contribution in [0.2, 0.25) is 0 Å². The van der Waals surface area contributed by atoms with Crippen molar-refractivity contribution in [3.63, 3.8) is 0 Å². The van der Waals surface area contributed by atoms with Crippen LogP contribution >= 0.6 is 0 Å².